The molecule has 1 aliphatic rings. The molecule has 1 aromatic heterocycles. The molecule has 0 saturated heterocycles. The highest BCUT2D eigenvalue weighted by Crippen LogP contribution is 2.36. The number of benzene rings is 2. The SMILES string of the molecule is CCC(=O)N1N=C(c2cc(Cl)ccc2Cl)CC1c1ccc2nccnc2c1. The summed E-state index contributed by atoms with van der Waals surface area (Å²) in [5.74, 6) is -0.0487. The number of fused-ring (bicyclic) bond motifs is 1. The number of carbonyl (C=O) groups is 1. The molecular formula is C20H16Cl2N4O. The third kappa shape index (κ3) is 3.40. The number of rotatable bonds is 3. The van der Waals surface area contributed by atoms with Gasteiger partial charge in [0.1, 0.15) is 0 Å². The smallest absolute Gasteiger partial charge is 0.242 e. The van der Waals surface area contributed by atoms with Crippen LogP contribution in [-0.4, -0.2) is 26.6 Å². The summed E-state index contributed by atoms with van der Waals surface area (Å²) in [6.07, 6.45) is 4.23. The Labute approximate surface area is 166 Å². The van der Waals surface area contributed by atoms with Crippen molar-refractivity contribution in [3.05, 3.63) is 70.0 Å². The summed E-state index contributed by atoms with van der Waals surface area (Å²) in [7, 11) is 0. The van der Waals surface area contributed by atoms with Crippen molar-refractivity contribution in [1.29, 1.82) is 0 Å². The molecule has 0 bridgehead atoms. The van der Waals surface area contributed by atoms with Crippen molar-refractivity contribution < 1.29 is 4.79 Å². The number of aromatic nitrogens is 2. The fraction of sp³-hybridized carbons (Fsp3) is 0.200. The first-order valence-electron chi connectivity index (χ1n) is 8.62. The molecule has 7 heteroatoms. The van der Waals surface area contributed by atoms with Gasteiger partial charge >= 0.3 is 0 Å². The Bertz CT molecular complexity index is 1070. The first-order valence-corrected chi connectivity index (χ1v) is 9.38. The maximum Gasteiger partial charge on any atom is 0.242 e. The molecule has 0 spiro atoms. The van der Waals surface area contributed by atoms with Gasteiger partial charge in [0.05, 0.1) is 22.8 Å². The van der Waals surface area contributed by atoms with Crippen LogP contribution in [0.3, 0.4) is 0 Å². The molecule has 27 heavy (non-hydrogen) atoms. The van der Waals surface area contributed by atoms with Gasteiger partial charge in [0.25, 0.3) is 0 Å². The maximum atomic E-state index is 12.5. The van der Waals surface area contributed by atoms with E-state index in [-0.39, 0.29) is 11.9 Å². The fourth-order valence-electron chi connectivity index (χ4n) is 3.23. The molecule has 136 valence electrons. The second kappa shape index (κ2) is 7.25. The average Bonchev–Trinajstić information content (AvgIpc) is 3.14. The van der Waals surface area contributed by atoms with Crippen LogP contribution in [0, 0.1) is 0 Å². The first kappa shape index (κ1) is 17.9. The van der Waals surface area contributed by atoms with Crippen LogP contribution in [0.4, 0.5) is 0 Å². The van der Waals surface area contributed by atoms with Gasteiger partial charge in [-0.25, -0.2) is 5.01 Å². The summed E-state index contributed by atoms with van der Waals surface area (Å²) < 4.78 is 0. The van der Waals surface area contributed by atoms with E-state index in [2.05, 4.69) is 15.1 Å². The molecule has 0 radical (unpaired) electrons. The molecule has 0 saturated carbocycles. The van der Waals surface area contributed by atoms with Gasteiger partial charge < -0.3 is 0 Å². The third-order valence-electron chi connectivity index (χ3n) is 4.59. The van der Waals surface area contributed by atoms with E-state index in [1.54, 1.807) is 35.6 Å². The standard InChI is InChI=1S/C20H16Cl2N4O/c1-2-20(27)26-19(12-3-6-16-18(9-12)24-8-7-23-16)11-17(25-26)14-10-13(21)4-5-15(14)22/h3-10,19H,2,11H2,1H3. The molecule has 1 atom stereocenters. The Balaban J connectivity index is 1.76. The van der Waals surface area contributed by atoms with Gasteiger partial charge in [-0.1, -0.05) is 36.2 Å². The van der Waals surface area contributed by atoms with Gasteiger partial charge in [-0.05, 0) is 35.9 Å². The minimum absolute atomic E-state index is 0.0487. The highest BCUT2D eigenvalue weighted by molar-refractivity contribution is 6.36. The van der Waals surface area contributed by atoms with E-state index in [1.807, 2.05) is 25.1 Å². The molecular weight excluding hydrogens is 383 g/mol. The summed E-state index contributed by atoms with van der Waals surface area (Å²) in [5.41, 5.74) is 4.05. The van der Waals surface area contributed by atoms with Crippen LogP contribution in [0.25, 0.3) is 11.0 Å². The van der Waals surface area contributed by atoms with Crippen LogP contribution in [0.2, 0.25) is 10.0 Å². The number of nitrogens with zero attached hydrogens (tertiary/aromatic N) is 4. The van der Waals surface area contributed by atoms with Crippen LogP contribution in [-0.2, 0) is 4.79 Å². The average molecular weight is 399 g/mol. The summed E-state index contributed by atoms with van der Waals surface area (Å²) in [5, 5.41) is 7.28. The topological polar surface area (TPSA) is 58.5 Å². The first-order chi connectivity index (χ1) is 13.1. The van der Waals surface area contributed by atoms with Crippen molar-refractivity contribution in [3.63, 3.8) is 0 Å². The summed E-state index contributed by atoms with van der Waals surface area (Å²) in [4.78, 5) is 21.2. The number of hydrogen-bond donors (Lipinski definition) is 0. The lowest BCUT2D eigenvalue weighted by atomic mass is 9.98. The van der Waals surface area contributed by atoms with Crippen molar-refractivity contribution in [2.45, 2.75) is 25.8 Å². The molecule has 3 aromatic rings. The van der Waals surface area contributed by atoms with Crippen LogP contribution in [0.1, 0.15) is 36.9 Å². The molecule has 4 rings (SSSR count). The Morgan fingerprint density at radius 2 is 1.89 bits per heavy atom. The Morgan fingerprint density at radius 1 is 1.11 bits per heavy atom. The molecule has 2 aromatic carbocycles. The van der Waals surface area contributed by atoms with E-state index in [9.17, 15) is 4.79 Å². The number of carbonyl (C=O) groups excluding carboxylic acids is 1. The summed E-state index contributed by atoms with van der Waals surface area (Å²) in [6.45, 7) is 1.82. The minimum atomic E-state index is -0.214. The van der Waals surface area contributed by atoms with Crippen molar-refractivity contribution in [1.82, 2.24) is 15.0 Å². The van der Waals surface area contributed by atoms with Gasteiger partial charge in [-0.2, -0.15) is 5.10 Å². The zero-order valence-electron chi connectivity index (χ0n) is 14.6. The Morgan fingerprint density at radius 3 is 2.67 bits per heavy atom. The number of hydrazone groups is 1. The molecule has 0 N–H and O–H groups in total. The quantitative estimate of drug-likeness (QED) is 0.621. The normalized spacial score (nSPS) is 16.6. The van der Waals surface area contributed by atoms with Gasteiger partial charge in [0.2, 0.25) is 5.91 Å². The molecule has 0 fully saturated rings. The Hall–Kier alpha value is -2.50. The van der Waals surface area contributed by atoms with E-state index in [1.165, 1.54) is 0 Å². The predicted molar refractivity (Wildman–Crippen MR) is 107 cm³/mol. The maximum absolute atomic E-state index is 12.5. The molecule has 1 unspecified atom stereocenters. The number of amides is 1. The lowest BCUT2D eigenvalue weighted by Gasteiger charge is -2.21. The van der Waals surface area contributed by atoms with E-state index in [4.69, 9.17) is 23.2 Å². The van der Waals surface area contributed by atoms with E-state index >= 15 is 0 Å². The van der Waals surface area contributed by atoms with Gasteiger partial charge in [-0.15, -0.1) is 0 Å². The number of hydrogen-bond acceptors (Lipinski definition) is 4. The van der Waals surface area contributed by atoms with Gasteiger partial charge in [0.15, 0.2) is 0 Å². The second-order valence-electron chi connectivity index (χ2n) is 6.29. The van der Waals surface area contributed by atoms with Crippen LogP contribution in [0.15, 0.2) is 53.9 Å². The van der Waals surface area contributed by atoms with Crippen molar-refractivity contribution >= 4 is 45.9 Å². The lowest BCUT2D eigenvalue weighted by molar-refractivity contribution is -0.132. The number of halogens is 2. The molecule has 0 aliphatic carbocycles. The van der Waals surface area contributed by atoms with E-state index in [0.29, 0.717) is 22.9 Å². The zero-order chi connectivity index (χ0) is 19.0. The molecule has 1 amide bonds. The minimum Gasteiger partial charge on any atom is -0.273 e. The fourth-order valence-corrected chi connectivity index (χ4v) is 3.63. The van der Waals surface area contributed by atoms with Crippen molar-refractivity contribution in [3.8, 4) is 0 Å². The van der Waals surface area contributed by atoms with Gasteiger partial charge in [0, 0.05) is 40.8 Å². The van der Waals surface area contributed by atoms with Gasteiger partial charge in [-0.3, -0.25) is 14.8 Å². The monoisotopic (exact) mass is 398 g/mol. The van der Waals surface area contributed by atoms with E-state index in [0.717, 1.165) is 27.9 Å². The molecule has 1 aliphatic heterocycles. The highest BCUT2D eigenvalue weighted by atomic mass is 35.5. The zero-order valence-corrected chi connectivity index (χ0v) is 16.1. The van der Waals surface area contributed by atoms with Crippen molar-refractivity contribution in [2.75, 3.05) is 0 Å². The lowest BCUT2D eigenvalue weighted by Crippen LogP contribution is -2.26. The second-order valence-corrected chi connectivity index (χ2v) is 7.13. The summed E-state index contributed by atoms with van der Waals surface area (Å²) in [6, 6.07) is 10.9. The predicted octanol–water partition coefficient (Wildman–Crippen LogP) is 5.02. The largest absolute Gasteiger partial charge is 0.273 e. The summed E-state index contributed by atoms with van der Waals surface area (Å²) >= 11 is 12.5. The molecule has 5 nitrogen and oxygen atoms in total. The van der Waals surface area contributed by atoms with Crippen molar-refractivity contribution in [2.24, 2.45) is 5.10 Å². The molecule has 2 heterocycles. The third-order valence-corrected chi connectivity index (χ3v) is 5.15. The van der Waals surface area contributed by atoms with Crippen LogP contribution >= 0.6 is 23.2 Å². The van der Waals surface area contributed by atoms with E-state index < -0.39 is 0 Å². The van der Waals surface area contributed by atoms with Crippen LogP contribution in [0.5, 0.6) is 0 Å². The highest BCUT2D eigenvalue weighted by Gasteiger charge is 2.33. The van der Waals surface area contributed by atoms with Crippen LogP contribution < -0.4 is 0 Å². The Kier molecular flexibility index (Phi) is 4.81.